The number of para-hydroxylation sites is 1. The van der Waals surface area contributed by atoms with Crippen LogP contribution in [0.25, 0.3) is 0 Å². The van der Waals surface area contributed by atoms with Crippen molar-refractivity contribution in [1.29, 1.82) is 21.0 Å². The quantitative estimate of drug-likeness (QED) is 0.208. The maximum absolute atomic E-state index is 9.29. The molecule has 0 N–H and O–H groups in total. The van der Waals surface area contributed by atoms with Gasteiger partial charge in [-0.05, 0) is 97.1 Å². The van der Waals surface area contributed by atoms with Gasteiger partial charge in [-0.3, -0.25) is 0 Å². The van der Waals surface area contributed by atoms with E-state index in [-0.39, 0.29) is 11.1 Å². The summed E-state index contributed by atoms with van der Waals surface area (Å²) < 4.78 is 11.9. The van der Waals surface area contributed by atoms with Crippen LogP contribution in [0.2, 0.25) is 0 Å². The summed E-state index contributed by atoms with van der Waals surface area (Å²) in [5, 5.41) is 36.9. The highest BCUT2D eigenvalue weighted by Crippen LogP contribution is 2.37. The lowest BCUT2D eigenvalue weighted by Gasteiger charge is -2.25. The topological polar surface area (TPSA) is 117 Å². The molecule has 0 aliphatic heterocycles. The first-order valence-electron chi connectivity index (χ1n) is 12.4. The fourth-order valence-corrected chi connectivity index (χ4v) is 4.18. The molecule has 0 bridgehead atoms. The van der Waals surface area contributed by atoms with E-state index < -0.39 is 0 Å². The van der Waals surface area contributed by atoms with Gasteiger partial charge in [0.2, 0.25) is 0 Å². The third-order valence-electron chi connectivity index (χ3n) is 6.14. The van der Waals surface area contributed by atoms with Crippen LogP contribution in [0, 0.1) is 45.3 Å². The van der Waals surface area contributed by atoms with Crippen LogP contribution in [0.3, 0.4) is 0 Å². The first-order chi connectivity index (χ1) is 20.1. The summed E-state index contributed by atoms with van der Waals surface area (Å²) in [6.07, 6.45) is 0. The number of ether oxygens (including phenoxy) is 2. The number of nitrogens with zero attached hydrogens (tertiary/aromatic N) is 5. The molecule has 41 heavy (non-hydrogen) atoms. The van der Waals surface area contributed by atoms with Crippen LogP contribution in [0.1, 0.15) is 22.3 Å². The molecule has 0 aromatic heterocycles. The molecule has 0 saturated heterocycles. The minimum atomic E-state index is 0.258. The van der Waals surface area contributed by atoms with Crippen molar-refractivity contribution in [2.24, 2.45) is 0 Å². The Bertz CT molecular complexity index is 1750. The van der Waals surface area contributed by atoms with E-state index in [1.807, 2.05) is 103 Å². The second-order valence-electron chi connectivity index (χ2n) is 8.72. The average Bonchev–Trinajstić information content (AvgIpc) is 3.03. The molecule has 0 unspecified atom stereocenters. The molecule has 5 aromatic carbocycles. The molecular formula is C34H19N5O2. The summed E-state index contributed by atoms with van der Waals surface area (Å²) in [7, 11) is 0. The third kappa shape index (κ3) is 5.82. The van der Waals surface area contributed by atoms with Gasteiger partial charge in [-0.2, -0.15) is 21.0 Å². The number of nitriles is 4. The highest BCUT2D eigenvalue weighted by molar-refractivity contribution is 5.77. The van der Waals surface area contributed by atoms with Gasteiger partial charge >= 0.3 is 0 Å². The average molecular weight is 530 g/mol. The molecule has 5 rings (SSSR count). The zero-order chi connectivity index (χ0) is 28.6. The molecule has 0 radical (unpaired) electrons. The second-order valence-corrected chi connectivity index (χ2v) is 8.72. The summed E-state index contributed by atoms with van der Waals surface area (Å²) in [6.45, 7) is 0. The molecule has 5 aromatic rings. The SMILES string of the molecule is N#Cc1ccc(Oc2ccc(N(c3ccccc3)c3ccc(Oc4ccc(C#N)c(C#N)c4)cc3)cc2)cc1C#N. The lowest BCUT2D eigenvalue weighted by Crippen LogP contribution is -2.09. The van der Waals surface area contributed by atoms with Crippen molar-refractivity contribution in [3.05, 3.63) is 138 Å². The van der Waals surface area contributed by atoms with Crippen LogP contribution in [-0.4, -0.2) is 0 Å². The van der Waals surface area contributed by atoms with Gasteiger partial charge in [0, 0.05) is 17.1 Å². The van der Waals surface area contributed by atoms with E-state index in [1.165, 1.54) is 0 Å². The lowest BCUT2D eigenvalue weighted by molar-refractivity contribution is 0.482. The molecule has 7 nitrogen and oxygen atoms in total. The standard InChI is InChI=1S/C34H19N5O2/c35-20-24-6-12-33(18-26(24)22-37)40-31-14-8-29(9-15-31)39(28-4-2-1-3-5-28)30-10-16-32(17-11-30)41-34-13-7-25(21-36)27(19-34)23-38/h1-19H. The number of rotatable bonds is 7. The van der Waals surface area contributed by atoms with Gasteiger partial charge in [0.25, 0.3) is 0 Å². The Hall–Kier alpha value is -6.54. The van der Waals surface area contributed by atoms with E-state index in [0.29, 0.717) is 34.1 Å². The Kier molecular flexibility index (Phi) is 7.56. The van der Waals surface area contributed by atoms with Crippen molar-refractivity contribution < 1.29 is 9.47 Å². The van der Waals surface area contributed by atoms with Gasteiger partial charge in [0.15, 0.2) is 0 Å². The van der Waals surface area contributed by atoms with Crippen LogP contribution in [0.5, 0.6) is 23.0 Å². The smallest absolute Gasteiger partial charge is 0.128 e. The van der Waals surface area contributed by atoms with Gasteiger partial charge in [-0.15, -0.1) is 0 Å². The van der Waals surface area contributed by atoms with Crippen molar-refractivity contribution in [1.82, 2.24) is 0 Å². The van der Waals surface area contributed by atoms with Gasteiger partial charge < -0.3 is 14.4 Å². The summed E-state index contributed by atoms with van der Waals surface area (Å²) in [6, 6.07) is 42.6. The number of hydrogen-bond acceptors (Lipinski definition) is 7. The van der Waals surface area contributed by atoms with E-state index in [4.69, 9.17) is 20.0 Å². The van der Waals surface area contributed by atoms with Gasteiger partial charge in [0.1, 0.15) is 47.3 Å². The van der Waals surface area contributed by atoms with Crippen molar-refractivity contribution in [2.45, 2.75) is 0 Å². The van der Waals surface area contributed by atoms with Crippen LogP contribution in [-0.2, 0) is 0 Å². The molecular weight excluding hydrogens is 510 g/mol. The lowest BCUT2D eigenvalue weighted by atomic mass is 10.1. The highest BCUT2D eigenvalue weighted by Gasteiger charge is 2.14. The second kappa shape index (κ2) is 11.9. The Morgan fingerprint density at radius 3 is 1.15 bits per heavy atom. The summed E-state index contributed by atoms with van der Waals surface area (Å²) in [5.41, 5.74) is 3.85. The molecule has 7 heteroatoms. The van der Waals surface area contributed by atoms with E-state index in [9.17, 15) is 10.5 Å². The Morgan fingerprint density at radius 1 is 0.390 bits per heavy atom. The van der Waals surface area contributed by atoms with Crippen molar-refractivity contribution in [2.75, 3.05) is 4.90 Å². The van der Waals surface area contributed by atoms with Gasteiger partial charge in [0.05, 0.1) is 22.3 Å². The monoisotopic (exact) mass is 529 g/mol. The van der Waals surface area contributed by atoms with Crippen LogP contribution < -0.4 is 14.4 Å². The predicted octanol–water partition coefficient (Wildman–Crippen LogP) is 8.23. The number of anilines is 3. The Balaban J connectivity index is 1.40. The molecule has 0 atom stereocenters. The summed E-state index contributed by atoms with van der Waals surface area (Å²) in [5.74, 6) is 2.09. The summed E-state index contributed by atoms with van der Waals surface area (Å²) >= 11 is 0. The van der Waals surface area contributed by atoms with E-state index in [2.05, 4.69) is 4.90 Å². The van der Waals surface area contributed by atoms with E-state index in [0.717, 1.165) is 17.1 Å². The molecule has 0 fully saturated rings. The Labute approximate surface area is 237 Å². The van der Waals surface area contributed by atoms with Crippen molar-refractivity contribution >= 4 is 17.1 Å². The molecule has 0 aliphatic carbocycles. The molecule has 0 heterocycles. The molecule has 0 aliphatic rings. The van der Waals surface area contributed by atoms with Crippen LogP contribution in [0.4, 0.5) is 17.1 Å². The maximum atomic E-state index is 9.29. The van der Waals surface area contributed by atoms with Crippen molar-refractivity contribution in [3.63, 3.8) is 0 Å². The predicted molar refractivity (Wildman–Crippen MR) is 153 cm³/mol. The third-order valence-corrected chi connectivity index (χ3v) is 6.14. The molecule has 0 spiro atoms. The normalized spacial score (nSPS) is 9.85. The highest BCUT2D eigenvalue weighted by atomic mass is 16.5. The molecule has 0 amide bonds. The Morgan fingerprint density at radius 2 is 0.756 bits per heavy atom. The van der Waals surface area contributed by atoms with Gasteiger partial charge in [-0.25, -0.2) is 0 Å². The fourth-order valence-electron chi connectivity index (χ4n) is 4.18. The van der Waals surface area contributed by atoms with Gasteiger partial charge in [-0.1, -0.05) is 18.2 Å². The first kappa shape index (κ1) is 26.1. The minimum absolute atomic E-state index is 0.258. The van der Waals surface area contributed by atoms with E-state index >= 15 is 0 Å². The van der Waals surface area contributed by atoms with Crippen LogP contribution >= 0.6 is 0 Å². The molecule has 0 saturated carbocycles. The van der Waals surface area contributed by atoms with Crippen LogP contribution in [0.15, 0.2) is 115 Å². The zero-order valence-electron chi connectivity index (χ0n) is 21.5. The minimum Gasteiger partial charge on any atom is -0.457 e. The first-order valence-corrected chi connectivity index (χ1v) is 12.4. The van der Waals surface area contributed by atoms with E-state index in [1.54, 1.807) is 36.4 Å². The zero-order valence-corrected chi connectivity index (χ0v) is 21.5. The number of benzene rings is 5. The fraction of sp³-hybridized carbons (Fsp3) is 0. The largest absolute Gasteiger partial charge is 0.457 e. The van der Waals surface area contributed by atoms with Crippen molar-refractivity contribution in [3.8, 4) is 47.3 Å². The number of hydrogen-bond donors (Lipinski definition) is 0. The molecule has 192 valence electrons. The maximum Gasteiger partial charge on any atom is 0.128 e. The summed E-state index contributed by atoms with van der Waals surface area (Å²) in [4.78, 5) is 2.08.